The second-order valence-corrected chi connectivity index (χ2v) is 5.16. The molecule has 1 unspecified atom stereocenters. The average molecular weight is 281 g/mol. The summed E-state index contributed by atoms with van der Waals surface area (Å²) in [4.78, 5) is 0. The number of pyridine rings is 1. The molecule has 3 rings (SSSR count). The van der Waals surface area contributed by atoms with Crippen LogP contribution in [0.4, 0.5) is 5.95 Å². The van der Waals surface area contributed by atoms with Crippen LogP contribution >= 0.6 is 0 Å². The van der Waals surface area contributed by atoms with E-state index in [1.54, 1.807) is 4.68 Å². The SMILES string of the molecule is Cc1ccc(C([n+]2ccccc2)[n+]2cn(C)nc2N)cc1. The van der Waals surface area contributed by atoms with E-state index in [0.717, 1.165) is 5.56 Å². The second kappa shape index (κ2) is 5.36. The summed E-state index contributed by atoms with van der Waals surface area (Å²) in [7, 11) is 1.87. The van der Waals surface area contributed by atoms with Crippen LogP contribution in [0, 0.1) is 6.92 Å². The molecule has 1 atom stereocenters. The Labute approximate surface area is 123 Å². The van der Waals surface area contributed by atoms with Gasteiger partial charge in [0.05, 0.1) is 12.6 Å². The van der Waals surface area contributed by atoms with Gasteiger partial charge in [0.15, 0.2) is 18.7 Å². The van der Waals surface area contributed by atoms with Crippen LogP contribution < -0.4 is 14.9 Å². The molecule has 106 valence electrons. The van der Waals surface area contributed by atoms with Crippen molar-refractivity contribution < 1.29 is 9.13 Å². The number of aromatic nitrogens is 4. The third kappa shape index (κ3) is 2.63. The summed E-state index contributed by atoms with van der Waals surface area (Å²) in [5, 5.41) is 4.24. The lowest BCUT2D eigenvalue weighted by atomic mass is 10.1. The van der Waals surface area contributed by atoms with E-state index in [2.05, 4.69) is 40.9 Å². The van der Waals surface area contributed by atoms with Crippen molar-refractivity contribution in [3.63, 3.8) is 0 Å². The molecule has 0 amide bonds. The average Bonchev–Trinajstić information content (AvgIpc) is 2.81. The van der Waals surface area contributed by atoms with Crippen molar-refractivity contribution >= 4 is 5.95 Å². The van der Waals surface area contributed by atoms with E-state index in [0.29, 0.717) is 5.95 Å². The molecule has 0 fully saturated rings. The zero-order chi connectivity index (χ0) is 14.8. The molecule has 0 aliphatic heterocycles. The molecule has 0 bridgehead atoms. The van der Waals surface area contributed by atoms with Gasteiger partial charge in [0.25, 0.3) is 6.17 Å². The third-order valence-electron chi connectivity index (χ3n) is 3.48. The second-order valence-electron chi connectivity index (χ2n) is 5.16. The molecule has 0 saturated heterocycles. The van der Waals surface area contributed by atoms with E-state index in [4.69, 9.17) is 5.73 Å². The molecule has 5 heteroatoms. The van der Waals surface area contributed by atoms with Gasteiger partial charge in [0.2, 0.25) is 0 Å². The van der Waals surface area contributed by atoms with Crippen LogP contribution in [0.25, 0.3) is 0 Å². The van der Waals surface area contributed by atoms with Crippen molar-refractivity contribution in [2.24, 2.45) is 7.05 Å². The molecule has 1 aromatic carbocycles. The largest absolute Gasteiger partial charge is 0.380 e. The quantitative estimate of drug-likeness (QED) is 0.728. The summed E-state index contributed by atoms with van der Waals surface area (Å²) in [5.41, 5.74) is 8.45. The summed E-state index contributed by atoms with van der Waals surface area (Å²) in [6, 6.07) is 14.5. The van der Waals surface area contributed by atoms with E-state index < -0.39 is 0 Å². The van der Waals surface area contributed by atoms with Gasteiger partial charge in [0.1, 0.15) is 0 Å². The minimum Gasteiger partial charge on any atom is -0.305 e. The molecule has 2 N–H and O–H groups in total. The Hall–Kier alpha value is -2.69. The zero-order valence-corrected chi connectivity index (χ0v) is 12.2. The molecule has 2 heterocycles. The third-order valence-corrected chi connectivity index (χ3v) is 3.48. The molecule has 0 radical (unpaired) electrons. The molecule has 0 spiro atoms. The first-order valence-corrected chi connectivity index (χ1v) is 6.88. The van der Waals surface area contributed by atoms with Crippen LogP contribution in [0.3, 0.4) is 0 Å². The van der Waals surface area contributed by atoms with Crippen LogP contribution in [-0.2, 0) is 7.05 Å². The molecule has 0 aliphatic carbocycles. The van der Waals surface area contributed by atoms with Gasteiger partial charge < -0.3 is 5.73 Å². The van der Waals surface area contributed by atoms with Gasteiger partial charge in [0, 0.05) is 17.2 Å². The minimum absolute atomic E-state index is 0.0551. The molecular formula is C16H19N5+2. The van der Waals surface area contributed by atoms with E-state index in [1.165, 1.54) is 5.56 Å². The zero-order valence-electron chi connectivity index (χ0n) is 12.2. The predicted molar refractivity (Wildman–Crippen MR) is 79.2 cm³/mol. The maximum Gasteiger partial charge on any atom is 0.380 e. The topological polar surface area (TPSA) is 51.6 Å². The van der Waals surface area contributed by atoms with Gasteiger partial charge in [-0.25, -0.2) is 0 Å². The number of hydrogen-bond acceptors (Lipinski definition) is 2. The summed E-state index contributed by atoms with van der Waals surface area (Å²) in [6.07, 6.45) is 5.91. The lowest BCUT2D eigenvalue weighted by Crippen LogP contribution is -2.57. The summed E-state index contributed by atoms with van der Waals surface area (Å²) < 4.78 is 5.80. The first kappa shape index (κ1) is 13.3. The Morgan fingerprint density at radius 1 is 1.10 bits per heavy atom. The van der Waals surface area contributed by atoms with Gasteiger partial charge in [-0.05, 0) is 19.1 Å². The van der Waals surface area contributed by atoms with E-state index >= 15 is 0 Å². The Morgan fingerprint density at radius 3 is 2.33 bits per heavy atom. The highest BCUT2D eigenvalue weighted by Crippen LogP contribution is 2.12. The number of benzene rings is 1. The number of nitrogen functional groups attached to an aromatic ring is 1. The molecule has 21 heavy (non-hydrogen) atoms. The van der Waals surface area contributed by atoms with E-state index in [-0.39, 0.29) is 6.17 Å². The number of nitrogens with two attached hydrogens (primary N) is 1. The van der Waals surface area contributed by atoms with Crippen LogP contribution in [-0.4, -0.2) is 9.78 Å². The molecule has 2 aromatic heterocycles. The van der Waals surface area contributed by atoms with Crippen LogP contribution in [0.2, 0.25) is 0 Å². The lowest BCUT2D eigenvalue weighted by molar-refractivity contribution is -0.928. The number of nitrogens with zero attached hydrogens (tertiary/aromatic N) is 4. The van der Waals surface area contributed by atoms with Gasteiger partial charge in [-0.2, -0.15) is 9.13 Å². The number of rotatable bonds is 3. The van der Waals surface area contributed by atoms with Crippen molar-refractivity contribution in [2.75, 3.05) is 5.73 Å². The minimum atomic E-state index is -0.0551. The molecule has 3 aromatic rings. The summed E-state index contributed by atoms with van der Waals surface area (Å²) in [5.74, 6) is 0.486. The lowest BCUT2D eigenvalue weighted by Gasteiger charge is -2.11. The maximum absolute atomic E-state index is 6.06. The maximum atomic E-state index is 6.06. The highest BCUT2D eigenvalue weighted by Gasteiger charge is 2.29. The van der Waals surface area contributed by atoms with Gasteiger partial charge in [-0.3, -0.25) is 0 Å². The van der Waals surface area contributed by atoms with Crippen molar-refractivity contribution in [3.8, 4) is 0 Å². The van der Waals surface area contributed by atoms with Crippen molar-refractivity contribution in [2.45, 2.75) is 13.1 Å². The van der Waals surface area contributed by atoms with Gasteiger partial charge in [-0.15, -0.1) is 4.68 Å². The molecular weight excluding hydrogens is 262 g/mol. The predicted octanol–water partition coefficient (Wildman–Crippen LogP) is 0.981. The van der Waals surface area contributed by atoms with E-state index in [1.807, 2.05) is 48.5 Å². The molecule has 5 nitrogen and oxygen atoms in total. The monoisotopic (exact) mass is 281 g/mol. The summed E-state index contributed by atoms with van der Waals surface area (Å²) >= 11 is 0. The normalized spacial score (nSPS) is 12.3. The van der Waals surface area contributed by atoms with E-state index in [9.17, 15) is 0 Å². The standard InChI is InChI=1S/C16H19N5/c1-13-6-8-14(9-7-13)15(20-10-4-3-5-11-20)21-12-19(2)18-16(21)17/h3-12,15H,1-2H3,(H2,17,18)/q+2. The fraction of sp³-hybridized carbons (Fsp3) is 0.188. The smallest absolute Gasteiger partial charge is 0.305 e. The van der Waals surface area contributed by atoms with Crippen LogP contribution in [0.15, 0.2) is 61.2 Å². The van der Waals surface area contributed by atoms with Crippen molar-refractivity contribution in [3.05, 3.63) is 72.3 Å². The highest BCUT2D eigenvalue weighted by atomic mass is 15.4. The Balaban J connectivity index is 2.16. The highest BCUT2D eigenvalue weighted by molar-refractivity contribution is 5.22. The number of hydrogen-bond donors (Lipinski definition) is 1. The fourth-order valence-electron chi connectivity index (χ4n) is 2.46. The van der Waals surface area contributed by atoms with Crippen LogP contribution in [0.1, 0.15) is 17.3 Å². The fourth-order valence-corrected chi connectivity index (χ4v) is 2.46. The first-order valence-electron chi connectivity index (χ1n) is 6.88. The Morgan fingerprint density at radius 2 is 1.76 bits per heavy atom. The molecule has 0 saturated carbocycles. The van der Waals surface area contributed by atoms with Gasteiger partial charge >= 0.3 is 5.95 Å². The summed E-state index contributed by atoms with van der Waals surface area (Å²) in [6.45, 7) is 2.08. The Bertz CT molecular complexity index is 731. The Kier molecular flexibility index (Phi) is 3.39. The number of anilines is 1. The number of aryl methyl sites for hydroxylation is 2. The van der Waals surface area contributed by atoms with Gasteiger partial charge in [-0.1, -0.05) is 23.8 Å². The first-order chi connectivity index (χ1) is 10.1. The van der Waals surface area contributed by atoms with Crippen LogP contribution in [0.5, 0.6) is 0 Å². The van der Waals surface area contributed by atoms with Crippen molar-refractivity contribution in [1.82, 2.24) is 9.78 Å². The molecule has 0 aliphatic rings. The van der Waals surface area contributed by atoms with Crippen molar-refractivity contribution in [1.29, 1.82) is 0 Å².